The molecule has 310 valence electrons. The van der Waals surface area contributed by atoms with Gasteiger partial charge in [-0.1, -0.05) is 104 Å². The summed E-state index contributed by atoms with van der Waals surface area (Å²) in [5.41, 5.74) is 0. The van der Waals surface area contributed by atoms with Gasteiger partial charge in [0, 0.05) is 76.0 Å². The van der Waals surface area contributed by atoms with Crippen molar-refractivity contribution in [2.24, 2.45) is 0 Å². The summed E-state index contributed by atoms with van der Waals surface area (Å²) in [6, 6.07) is 26.0. The lowest BCUT2D eigenvalue weighted by Crippen LogP contribution is -2.26. The molecule has 6 heterocycles. The van der Waals surface area contributed by atoms with Crippen molar-refractivity contribution in [1.29, 1.82) is 0 Å². The minimum atomic E-state index is 0.132. The van der Waals surface area contributed by atoms with Crippen molar-refractivity contribution in [2.75, 3.05) is 27.2 Å². The van der Waals surface area contributed by atoms with Crippen LogP contribution in [0, 0.1) is 0 Å². The summed E-state index contributed by atoms with van der Waals surface area (Å²) in [6.07, 6.45) is 20.4. The van der Waals surface area contributed by atoms with Crippen LogP contribution < -0.4 is 0 Å². The van der Waals surface area contributed by atoms with E-state index >= 15 is 0 Å². The van der Waals surface area contributed by atoms with E-state index in [4.69, 9.17) is 0 Å². The van der Waals surface area contributed by atoms with Gasteiger partial charge in [0.2, 0.25) is 0 Å². The zero-order valence-electron chi connectivity index (χ0n) is 34.8. The number of thiophene rings is 6. The molecule has 0 saturated heterocycles. The topological polar surface area (TPSA) is 40.6 Å². The van der Waals surface area contributed by atoms with Crippen LogP contribution in [0.2, 0.25) is 0 Å². The van der Waals surface area contributed by atoms with Crippen molar-refractivity contribution < 1.29 is 9.59 Å². The second-order valence-electron chi connectivity index (χ2n) is 15.4. The van der Waals surface area contributed by atoms with E-state index in [1.54, 1.807) is 45.3 Å². The van der Waals surface area contributed by atoms with Crippen LogP contribution in [-0.2, 0) is 0 Å². The summed E-state index contributed by atoms with van der Waals surface area (Å²) in [7, 11) is 3.88. The summed E-state index contributed by atoms with van der Waals surface area (Å²) in [6.45, 7) is 6.16. The average molecular weight is 889 g/mol. The Labute approximate surface area is 371 Å². The van der Waals surface area contributed by atoms with Crippen LogP contribution in [0.15, 0.2) is 72.8 Å². The molecule has 2 amide bonds. The minimum absolute atomic E-state index is 0.132. The fourth-order valence-electron chi connectivity index (χ4n) is 7.13. The maximum Gasteiger partial charge on any atom is 0.263 e. The second kappa shape index (κ2) is 23.2. The standard InChI is InChI=1S/C48H60N2O2S6/c1-5-7-9-11-13-15-17-19-33-49(3)47(51)45-31-29-43(57-45)41-27-25-39(55-41)37-23-21-35(53-37)36-22-24-38(54-36)40-26-28-42(56-40)44-30-32-46(58-44)48(52)50(4)34-20-18-16-14-12-10-8-6-2/h21-32H,5-20,33-34H2,1-4H3. The van der Waals surface area contributed by atoms with Crippen LogP contribution in [0.25, 0.3) is 48.8 Å². The Morgan fingerprint density at radius 2 is 0.569 bits per heavy atom. The van der Waals surface area contributed by atoms with Crippen LogP contribution in [0.4, 0.5) is 0 Å². The Morgan fingerprint density at radius 3 is 0.845 bits per heavy atom. The predicted molar refractivity (Wildman–Crippen MR) is 260 cm³/mol. The molecule has 6 aromatic heterocycles. The van der Waals surface area contributed by atoms with Gasteiger partial charge < -0.3 is 9.80 Å². The largest absolute Gasteiger partial charge is 0.341 e. The first-order valence-corrected chi connectivity index (χ1v) is 26.4. The molecule has 0 aromatic carbocycles. The fourth-order valence-corrected chi connectivity index (χ4v) is 13.6. The Bertz CT molecular complexity index is 1990. The first kappa shape index (κ1) is 44.7. The van der Waals surface area contributed by atoms with Crippen LogP contribution >= 0.6 is 68.0 Å². The van der Waals surface area contributed by atoms with E-state index < -0.39 is 0 Å². The first-order valence-electron chi connectivity index (χ1n) is 21.5. The fraction of sp³-hybridized carbons (Fsp3) is 0.458. The third-order valence-corrected chi connectivity index (χ3v) is 18.1. The second-order valence-corrected chi connectivity index (χ2v) is 21.9. The number of carbonyl (C=O) groups excluding carboxylic acids is 2. The molecule has 0 bridgehead atoms. The molecule has 0 N–H and O–H groups in total. The summed E-state index contributed by atoms with van der Waals surface area (Å²) in [5, 5.41) is 0. The van der Waals surface area contributed by atoms with E-state index in [1.807, 2.05) is 58.7 Å². The molecule has 0 aliphatic heterocycles. The number of carbonyl (C=O) groups is 2. The van der Waals surface area contributed by atoms with E-state index in [-0.39, 0.29) is 11.8 Å². The van der Waals surface area contributed by atoms with E-state index in [0.717, 1.165) is 45.4 Å². The lowest BCUT2D eigenvalue weighted by atomic mass is 10.1. The van der Waals surface area contributed by atoms with Gasteiger partial charge >= 0.3 is 0 Å². The molecule has 0 radical (unpaired) electrons. The number of amides is 2. The van der Waals surface area contributed by atoms with E-state index in [9.17, 15) is 9.59 Å². The monoisotopic (exact) mass is 888 g/mol. The smallest absolute Gasteiger partial charge is 0.263 e. The van der Waals surface area contributed by atoms with Gasteiger partial charge in [0.15, 0.2) is 0 Å². The molecule has 0 unspecified atom stereocenters. The Balaban J connectivity index is 0.983. The highest BCUT2D eigenvalue weighted by Gasteiger charge is 2.18. The zero-order chi connectivity index (χ0) is 40.7. The van der Waals surface area contributed by atoms with Gasteiger partial charge in [-0.3, -0.25) is 9.59 Å². The normalized spacial score (nSPS) is 11.4. The summed E-state index contributed by atoms with van der Waals surface area (Å²) in [4.78, 5) is 44.1. The summed E-state index contributed by atoms with van der Waals surface area (Å²) < 4.78 is 0. The van der Waals surface area contributed by atoms with Crippen molar-refractivity contribution in [3.05, 3.63) is 82.6 Å². The van der Waals surface area contributed by atoms with Crippen molar-refractivity contribution in [3.8, 4) is 48.8 Å². The number of rotatable bonds is 25. The first-order chi connectivity index (χ1) is 28.3. The van der Waals surface area contributed by atoms with Gasteiger partial charge in [-0.25, -0.2) is 0 Å². The maximum atomic E-state index is 13.2. The summed E-state index contributed by atoms with van der Waals surface area (Å²) >= 11 is 10.5. The molecule has 6 rings (SSSR count). The third kappa shape index (κ3) is 12.6. The van der Waals surface area contributed by atoms with Crippen LogP contribution in [0.1, 0.15) is 136 Å². The molecule has 0 fully saturated rings. The lowest BCUT2D eigenvalue weighted by Gasteiger charge is -2.16. The highest BCUT2D eigenvalue weighted by molar-refractivity contribution is 7.30. The van der Waals surface area contributed by atoms with E-state index in [2.05, 4.69) is 74.5 Å². The molecule has 0 aliphatic rings. The van der Waals surface area contributed by atoms with Gasteiger partial charge in [-0.05, 0) is 85.6 Å². The zero-order valence-corrected chi connectivity index (χ0v) is 39.7. The maximum absolute atomic E-state index is 13.2. The number of unbranched alkanes of at least 4 members (excludes halogenated alkanes) is 14. The molecular weight excluding hydrogens is 829 g/mol. The third-order valence-electron chi connectivity index (χ3n) is 10.7. The molecule has 58 heavy (non-hydrogen) atoms. The Kier molecular flexibility index (Phi) is 17.9. The minimum Gasteiger partial charge on any atom is -0.341 e. The van der Waals surface area contributed by atoms with Crippen LogP contribution in [0.3, 0.4) is 0 Å². The molecule has 0 spiro atoms. The molecule has 4 nitrogen and oxygen atoms in total. The van der Waals surface area contributed by atoms with Crippen LogP contribution in [0.5, 0.6) is 0 Å². The van der Waals surface area contributed by atoms with Crippen molar-refractivity contribution >= 4 is 79.8 Å². The Morgan fingerprint density at radius 1 is 0.345 bits per heavy atom. The molecular formula is C48H60N2O2S6. The van der Waals surface area contributed by atoms with Crippen molar-refractivity contribution in [1.82, 2.24) is 9.80 Å². The number of hydrogen-bond donors (Lipinski definition) is 0. The lowest BCUT2D eigenvalue weighted by molar-refractivity contribution is 0.0790. The Hall–Kier alpha value is -2.86. The quantitative estimate of drug-likeness (QED) is 0.0537. The number of nitrogens with zero attached hydrogens (tertiary/aromatic N) is 2. The average Bonchev–Trinajstić information content (AvgIpc) is 4.07. The highest BCUT2D eigenvalue weighted by atomic mass is 32.1. The predicted octanol–water partition coefficient (Wildman–Crippen LogP) is 16.8. The van der Waals surface area contributed by atoms with E-state index in [0.29, 0.717) is 0 Å². The molecule has 0 atom stereocenters. The van der Waals surface area contributed by atoms with Gasteiger partial charge in [0.05, 0.1) is 9.75 Å². The van der Waals surface area contributed by atoms with Gasteiger partial charge in [0.25, 0.3) is 11.8 Å². The van der Waals surface area contributed by atoms with Gasteiger partial charge in [-0.2, -0.15) is 0 Å². The van der Waals surface area contributed by atoms with Crippen molar-refractivity contribution in [2.45, 2.75) is 117 Å². The van der Waals surface area contributed by atoms with E-state index in [1.165, 1.54) is 129 Å². The molecule has 6 aromatic rings. The number of hydrogen-bond acceptors (Lipinski definition) is 8. The summed E-state index contributed by atoms with van der Waals surface area (Å²) in [5.74, 6) is 0.265. The highest BCUT2D eigenvalue weighted by Crippen LogP contribution is 2.46. The van der Waals surface area contributed by atoms with Gasteiger partial charge in [-0.15, -0.1) is 68.0 Å². The molecule has 0 saturated carbocycles. The van der Waals surface area contributed by atoms with Gasteiger partial charge in [0.1, 0.15) is 0 Å². The molecule has 10 heteroatoms. The molecule has 0 aliphatic carbocycles. The van der Waals surface area contributed by atoms with Crippen molar-refractivity contribution in [3.63, 3.8) is 0 Å². The SMILES string of the molecule is CCCCCCCCCCN(C)C(=O)c1ccc(-c2ccc(-c3ccc(-c4ccc(-c5ccc(-c6ccc(C(=O)N(C)CCCCCCCCCC)s6)s5)s4)s3)s2)s1. The van der Waals surface area contributed by atoms with Crippen LogP contribution in [-0.4, -0.2) is 48.8 Å².